The molecule has 0 aliphatic carbocycles. The van der Waals surface area contributed by atoms with Crippen molar-refractivity contribution in [3.05, 3.63) is 0 Å². The van der Waals surface area contributed by atoms with Gasteiger partial charge in [0.05, 0.1) is 13.1 Å². The van der Waals surface area contributed by atoms with Crippen LogP contribution in [0.5, 0.6) is 0 Å². The van der Waals surface area contributed by atoms with E-state index in [1.807, 2.05) is 11.9 Å². The lowest BCUT2D eigenvalue weighted by molar-refractivity contribution is -0.193. The van der Waals surface area contributed by atoms with Gasteiger partial charge in [0, 0.05) is 58.9 Å². The normalized spacial score (nSPS) is 16.2. The summed E-state index contributed by atoms with van der Waals surface area (Å²) in [7, 11) is 4.11. The summed E-state index contributed by atoms with van der Waals surface area (Å²) in [6, 6.07) is -0.858. The van der Waals surface area contributed by atoms with Gasteiger partial charge in [-0.15, -0.1) is 12.4 Å². The largest absolute Gasteiger partial charge is 0.480 e. The van der Waals surface area contributed by atoms with Gasteiger partial charge in [0.1, 0.15) is 6.04 Å². The van der Waals surface area contributed by atoms with Crippen molar-refractivity contribution >= 4 is 56.1 Å². The van der Waals surface area contributed by atoms with Gasteiger partial charge < -0.3 is 31.1 Å². The summed E-state index contributed by atoms with van der Waals surface area (Å²) < 4.78 is 0. The van der Waals surface area contributed by atoms with E-state index in [-0.39, 0.29) is 57.2 Å². The van der Waals surface area contributed by atoms with Gasteiger partial charge in [-0.25, -0.2) is 0 Å². The molecule has 0 unspecified atom stereocenters. The predicted octanol–water partition coefficient (Wildman–Crippen LogP) is -2.38. The highest BCUT2D eigenvalue weighted by molar-refractivity contribution is 7.59. The monoisotopic (exact) mass is 602 g/mol. The number of halogens is 1. The molecule has 0 aromatic heterocycles. The van der Waals surface area contributed by atoms with Crippen LogP contribution in [0, 0.1) is 0 Å². The van der Waals surface area contributed by atoms with E-state index in [0.29, 0.717) is 45.4 Å². The number of unbranched alkanes of at least 4 members (excludes halogenated alkanes) is 1. The minimum atomic E-state index is -1.01. The number of hydrogen-bond donors (Lipinski definition) is 4. The summed E-state index contributed by atoms with van der Waals surface area (Å²) in [5.41, 5.74) is 5.47. The van der Waals surface area contributed by atoms with Crippen molar-refractivity contribution in [2.45, 2.75) is 25.3 Å². The van der Waals surface area contributed by atoms with Crippen LogP contribution in [0.4, 0.5) is 0 Å². The van der Waals surface area contributed by atoms with E-state index in [1.165, 1.54) is 0 Å². The number of nitrogens with zero attached hydrogens (tertiary/aromatic N) is 4. The number of carboxylic acid groups (broad SMARTS) is 2. The lowest BCUT2D eigenvalue weighted by Gasteiger charge is -2.31. The van der Waals surface area contributed by atoms with Crippen molar-refractivity contribution in [2.24, 2.45) is 5.73 Å². The quantitative estimate of drug-likeness (QED) is 0.192. The summed E-state index contributed by atoms with van der Waals surface area (Å²) in [5, 5.41) is 20.9. The fourth-order valence-electron chi connectivity index (χ4n) is 3.30. The first kappa shape index (κ1) is 43.7. The summed E-state index contributed by atoms with van der Waals surface area (Å²) in [6.07, 6.45) is 2.20. The summed E-state index contributed by atoms with van der Waals surface area (Å²) >= 11 is 0. The number of aliphatic carboxylic acids is 2. The lowest BCUT2D eigenvalue weighted by Crippen LogP contribution is -2.47. The third-order valence-corrected chi connectivity index (χ3v) is 5.50. The van der Waals surface area contributed by atoms with Gasteiger partial charge >= 0.3 is 24.2 Å². The molecule has 0 aromatic rings. The Morgan fingerprint density at radius 3 is 1.59 bits per heavy atom. The Labute approximate surface area is 241 Å². The molecule has 1 saturated heterocycles. The summed E-state index contributed by atoms with van der Waals surface area (Å²) in [5.74, 6) is -1.93. The number of rotatable bonds is 10. The van der Waals surface area contributed by atoms with E-state index >= 15 is 0 Å². The van der Waals surface area contributed by atoms with Gasteiger partial charge in [-0.1, -0.05) is 0 Å². The van der Waals surface area contributed by atoms with Crippen LogP contribution < -0.4 is 11.1 Å². The summed E-state index contributed by atoms with van der Waals surface area (Å²) in [6.45, 7) is 6.77. The Kier molecular flexibility index (Phi) is 32.0. The highest BCUT2D eigenvalue weighted by atomic mass is 35.5. The van der Waals surface area contributed by atoms with Gasteiger partial charge in [0.2, 0.25) is 5.91 Å². The van der Waals surface area contributed by atoms with Crippen LogP contribution in [-0.2, 0) is 33.6 Å². The van der Waals surface area contributed by atoms with Gasteiger partial charge in [0.15, 0.2) is 0 Å². The predicted molar refractivity (Wildman–Crippen MR) is 146 cm³/mol. The molecule has 1 aliphatic heterocycles. The average Bonchev–Trinajstić information content (AvgIpc) is 2.82. The van der Waals surface area contributed by atoms with Crippen molar-refractivity contribution in [3.8, 4) is 0 Å². The maximum absolute atomic E-state index is 12.4. The zero-order valence-corrected chi connectivity index (χ0v) is 24.3. The highest BCUT2D eigenvalue weighted by Gasteiger charge is 2.17. The molecule has 0 saturated carbocycles. The van der Waals surface area contributed by atoms with E-state index in [2.05, 4.69) is 27.1 Å². The van der Waals surface area contributed by atoms with Crippen molar-refractivity contribution < 1.29 is 43.8 Å². The molecule has 1 heterocycles. The van der Waals surface area contributed by atoms with Gasteiger partial charge in [0.25, 0.3) is 0 Å². The SMILES string of the molecule is CN1CCN(C)CCN(CC(=O)NCCCC[C@H](N)C(=O)O)CCN(CC(=O)O)CC1.Cl.O=C=O.O=C=O.S. The molecule has 1 rings (SSSR count). The minimum absolute atomic E-state index is 0. The highest BCUT2D eigenvalue weighted by Crippen LogP contribution is 2.00. The Hall–Kier alpha value is -2.39. The van der Waals surface area contributed by atoms with Crippen LogP contribution in [0.15, 0.2) is 0 Å². The molecule has 0 radical (unpaired) electrons. The fraction of sp³-hybridized carbons (Fsp3) is 0.773. The van der Waals surface area contributed by atoms with Crippen LogP contribution in [0.3, 0.4) is 0 Å². The van der Waals surface area contributed by atoms with Crippen LogP contribution in [-0.4, -0.2) is 152 Å². The Morgan fingerprint density at radius 1 is 0.795 bits per heavy atom. The molecule has 39 heavy (non-hydrogen) atoms. The third kappa shape index (κ3) is 28.4. The van der Waals surface area contributed by atoms with Gasteiger partial charge in [-0.2, -0.15) is 32.7 Å². The van der Waals surface area contributed by atoms with E-state index in [1.54, 1.807) is 0 Å². The van der Waals surface area contributed by atoms with E-state index in [0.717, 1.165) is 32.7 Å². The zero-order valence-electron chi connectivity index (χ0n) is 22.5. The first-order valence-electron chi connectivity index (χ1n) is 11.8. The molecule has 1 fully saturated rings. The third-order valence-electron chi connectivity index (χ3n) is 5.50. The number of carbonyl (C=O) groups is 3. The van der Waals surface area contributed by atoms with Crippen molar-refractivity contribution in [3.63, 3.8) is 0 Å². The second kappa shape index (κ2) is 28.6. The van der Waals surface area contributed by atoms with Crippen LogP contribution in [0.2, 0.25) is 0 Å². The first-order chi connectivity index (χ1) is 17.5. The number of carbonyl (C=O) groups excluding carboxylic acids is 5. The van der Waals surface area contributed by atoms with Crippen molar-refractivity contribution in [2.75, 3.05) is 86.1 Å². The smallest absolute Gasteiger partial charge is 0.373 e. The second-order valence-electron chi connectivity index (χ2n) is 8.51. The average molecular weight is 603 g/mol. The van der Waals surface area contributed by atoms with Crippen molar-refractivity contribution in [1.82, 2.24) is 24.9 Å². The van der Waals surface area contributed by atoms with E-state index in [4.69, 9.17) is 30.0 Å². The zero-order chi connectivity index (χ0) is 28.6. The maximum atomic E-state index is 12.4. The Bertz CT molecular complexity index is 729. The number of hydrogen-bond acceptors (Lipinski definition) is 12. The molecule has 0 aromatic carbocycles. The molecule has 5 N–H and O–H groups in total. The molecular formula is C22H43ClN6O9S. The first-order valence-corrected chi connectivity index (χ1v) is 11.8. The fourth-order valence-corrected chi connectivity index (χ4v) is 3.30. The van der Waals surface area contributed by atoms with Crippen LogP contribution in [0.25, 0.3) is 0 Å². The molecule has 0 bridgehead atoms. The molecular weight excluding hydrogens is 560 g/mol. The molecule has 17 heteroatoms. The molecule has 0 spiro atoms. The number of nitrogens with one attached hydrogen (secondary N) is 1. The molecule has 1 aliphatic rings. The maximum Gasteiger partial charge on any atom is 0.373 e. The number of nitrogens with two attached hydrogens (primary N) is 1. The summed E-state index contributed by atoms with van der Waals surface area (Å²) in [4.78, 5) is 75.2. The van der Waals surface area contributed by atoms with Gasteiger partial charge in [-0.3, -0.25) is 24.2 Å². The number of amides is 1. The molecule has 1 amide bonds. The lowest BCUT2D eigenvalue weighted by atomic mass is 10.1. The standard InChI is InChI=1S/C20H40N6O5.2CO2.ClH.H2S/c1-23-7-8-24(2)10-12-26(16-19(28)29)14-13-25(11-9-23)15-18(27)22-6-4-3-5-17(21)20(30)31;2*2-1-3;;/h17H,3-16,21H2,1-2H3,(H,22,27)(H,28,29)(H,30,31);;;1H;1H2/t17-;;;;/m0..../s1. The van der Waals surface area contributed by atoms with Gasteiger partial charge in [-0.05, 0) is 33.4 Å². The van der Waals surface area contributed by atoms with Crippen LogP contribution in [0.1, 0.15) is 19.3 Å². The van der Waals surface area contributed by atoms with E-state index < -0.39 is 18.0 Å². The Balaban J connectivity index is -0.000000698. The topological polar surface area (TPSA) is 211 Å². The van der Waals surface area contributed by atoms with Crippen molar-refractivity contribution in [1.29, 1.82) is 0 Å². The molecule has 15 nitrogen and oxygen atoms in total. The Morgan fingerprint density at radius 2 is 1.18 bits per heavy atom. The van der Waals surface area contributed by atoms with Crippen LogP contribution >= 0.6 is 25.9 Å². The van der Waals surface area contributed by atoms with E-state index in [9.17, 15) is 19.5 Å². The number of carboxylic acids is 2. The molecule has 228 valence electrons. The molecule has 1 atom stereocenters. The second-order valence-corrected chi connectivity index (χ2v) is 8.51. The minimum Gasteiger partial charge on any atom is -0.480 e. The number of likely N-dealkylation sites (N-methyl/N-ethyl adjacent to an activating group) is 2.